The summed E-state index contributed by atoms with van der Waals surface area (Å²) in [6, 6.07) is 15.5. The zero-order chi connectivity index (χ0) is 14.1. The molecule has 0 radical (unpaired) electrons. The second kappa shape index (κ2) is 4.81. The number of carbonyl (C=O) groups is 1. The fourth-order valence-corrected chi connectivity index (χ4v) is 2.35. The van der Waals surface area contributed by atoms with Gasteiger partial charge < -0.3 is 5.11 Å². The first-order valence-corrected chi connectivity index (χ1v) is 6.40. The maximum absolute atomic E-state index is 10.7. The van der Waals surface area contributed by atoms with Crippen LogP contribution in [0.15, 0.2) is 48.5 Å². The molecule has 3 aromatic rings. The van der Waals surface area contributed by atoms with Gasteiger partial charge in [-0.3, -0.25) is 4.79 Å². The Kier molecular flexibility index (Phi) is 2.99. The Morgan fingerprint density at radius 3 is 2.55 bits per heavy atom. The van der Waals surface area contributed by atoms with E-state index < -0.39 is 5.97 Å². The molecule has 3 rings (SSSR count). The third-order valence-electron chi connectivity index (χ3n) is 3.31. The first-order chi connectivity index (χ1) is 9.65. The van der Waals surface area contributed by atoms with Crippen LogP contribution in [0.4, 0.5) is 0 Å². The molecule has 1 N–H and O–H groups in total. The average Bonchev–Trinajstić information content (AvgIpc) is 2.77. The first kappa shape index (κ1) is 12.4. The minimum absolute atomic E-state index is 0.0408. The number of benzene rings is 2. The van der Waals surface area contributed by atoms with Gasteiger partial charge in [-0.2, -0.15) is 5.10 Å². The number of hydrogen-bond donors (Lipinski definition) is 1. The van der Waals surface area contributed by atoms with Crippen molar-refractivity contribution < 1.29 is 9.90 Å². The summed E-state index contributed by atoms with van der Waals surface area (Å²) >= 11 is 0. The Labute approximate surface area is 116 Å². The Balaban J connectivity index is 2.05. The van der Waals surface area contributed by atoms with Gasteiger partial charge in [0.1, 0.15) is 0 Å². The smallest absolute Gasteiger partial charge is 0.307 e. The molecule has 0 aliphatic heterocycles. The van der Waals surface area contributed by atoms with Crippen LogP contribution >= 0.6 is 0 Å². The minimum atomic E-state index is -0.821. The fraction of sp³-hybridized carbons (Fsp3) is 0.125. The van der Waals surface area contributed by atoms with E-state index in [0.29, 0.717) is 0 Å². The zero-order valence-corrected chi connectivity index (χ0v) is 11.1. The van der Waals surface area contributed by atoms with Crippen LogP contribution in [0, 0.1) is 6.92 Å². The van der Waals surface area contributed by atoms with E-state index in [4.69, 9.17) is 5.11 Å². The molecule has 0 unspecified atom stereocenters. The number of aliphatic carboxylic acids is 1. The maximum Gasteiger partial charge on any atom is 0.307 e. The van der Waals surface area contributed by atoms with E-state index in [0.717, 1.165) is 27.8 Å². The van der Waals surface area contributed by atoms with E-state index in [1.54, 1.807) is 0 Å². The number of nitrogens with zero attached hydrogens (tertiary/aromatic N) is 2. The van der Waals surface area contributed by atoms with Gasteiger partial charge in [0.05, 0.1) is 23.3 Å². The molecule has 0 saturated heterocycles. The van der Waals surface area contributed by atoms with Crippen LogP contribution in [0.1, 0.15) is 11.3 Å². The van der Waals surface area contributed by atoms with Crippen LogP contribution in [-0.2, 0) is 11.2 Å². The molecule has 20 heavy (non-hydrogen) atoms. The molecule has 0 fully saturated rings. The van der Waals surface area contributed by atoms with E-state index in [9.17, 15) is 4.79 Å². The van der Waals surface area contributed by atoms with Gasteiger partial charge in [-0.05, 0) is 30.7 Å². The molecule has 0 aliphatic rings. The second-order valence-corrected chi connectivity index (χ2v) is 4.75. The quantitative estimate of drug-likeness (QED) is 0.793. The van der Waals surface area contributed by atoms with Crippen LogP contribution in [-0.4, -0.2) is 20.9 Å². The van der Waals surface area contributed by atoms with E-state index in [2.05, 4.69) is 5.10 Å². The molecule has 2 aromatic carbocycles. The van der Waals surface area contributed by atoms with Crippen molar-refractivity contribution in [1.29, 1.82) is 0 Å². The van der Waals surface area contributed by atoms with Crippen molar-refractivity contribution in [2.24, 2.45) is 0 Å². The monoisotopic (exact) mass is 266 g/mol. The Morgan fingerprint density at radius 1 is 1.15 bits per heavy atom. The lowest BCUT2D eigenvalue weighted by Crippen LogP contribution is -2.01. The van der Waals surface area contributed by atoms with Gasteiger partial charge >= 0.3 is 5.97 Å². The van der Waals surface area contributed by atoms with Crippen molar-refractivity contribution in [3.8, 4) is 5.69 Å². The summed E-state index contributed by atoms with van der Waals surface area (Å²) in [4.78, 5) is 10.7. The van der Waals surface area contributed by atoms with Crippen LogP contribution in [0.5, 0.6) is 0 Å². The number of carboxylic acids is 1. The molecule has 0 amide bonds. The van der Waals surface area contributed by atoms with E-state index in [1.165, 1.54) is 0 Å². The number of carboxylic acid groups (broad SMARTS) is 1. The fourth-order valence-electron chi connectivity index (χ4n) is 2.35. The summed E-state index contributed by atoms with van der Waals surface area (Å²) in [6.45, 7) is 1.98. The Morgan fingerprint density at radius 2 is 1.85 bits per heavy atom. The van der Waals surface area contributed by atoms with Gasteiger partial charge in [-0.25, -0.2) is 4.68 Å². The van der Waals surface area contributed by atoms with Gasteiger partial charge in [0.15, 0.2) is 0 Å². The molecule has 0 bridgehead atoms. The molecular formula is C16H14N2O2. The molecule has 0 aliphatic carbocycles. The highest BCUT2D eigenvalue weighted by atomic mass is 16.4. The van der Waals surface area contributed by atoms with Crippen LogP contribution in [0.25, 0.3) is 16.6 Å². The summed E-state index contributed by atoms with van der Waals surface area (Å²) in [5.41, 5.74) is 3.75. The molecule has 0 saturated carbocycles. The summed E-state index contributed by atoms with van der Waals surface area (Å²) < 4.78 is 1.88. The lowest BCUT2D eigenvalue weighted by molar-refractivity contribution is -0.136. The van der Waals surface area contributed by atoms with Crippen LogP contribution in [0.2, 0.25) is 0 Å². The van der Waals surface area contributed by atoms with Crippen molar-refractivity contribution in [3.63, 3.8) is 0 Å². The minimum Gasteiger partial charge on any atom is -0.481 e. The van der Waals surface area contributed by atoms with Crippen LogP contribution < -0.4 is 0 Å². The number of fused-ring (bicyclic) bond motifs is 1. The standard InChI is InChI=1S/C16H14N2O2/c1-11-14-4-2-3-5-15(14)18(17-11)13-8-6-12(7-9-13)10-16(19)20/h2-9H,10H2,1H3,(H,19,20). The number of aryl methyl sites for hydroxylation is 1. The van der Waals surface area contributed by atoms with Crippen molar-refractivity contribution >= 4 is 16.9 Å². The predicted molar refractivity (Wildman–Crippen MR) is 77.1 cm³/mol. The van der Waals surface area contributed by atoms with E-state index in [1.807, 2.05) is 60.1 Å². The molecule has 1 aromatic heterocycles. The summed E-state index contributed by atoms with van der Waals surface area (Å²) in [5.74, 6) is -0.821. The third-order valence-corrected chi connectivity index (χ3v) is 3.31. The number of para-hydroxylation sites is 1. The lowest BCUT2D eigenvalue weighted by Gasteiger charge is -2.04. The SMILES string of the molecule is Cc1nn(-c2ccc(CC(=O)O)cc2)c2ccccc12. The first-order valence-electron chi connectivity index (χ1n) is 6.40. The van der Waals surface area contributed by atoms with Gasteiger partial charge in [0, 0.05) is 5.39 Å². The average molecular weight is 266 g/mol. The molecule has 0 atom stereocenters. The molecule has 1 heterocycles. The summed E-state index contributed by atoms with van der Waals surface area (Å²) in [7, 11) is 0. The Bertz CT molecular complexity index is 773. The highest BCUT2D eigenvalue weighted by molar-refractivity contribution is 5.83. The summed E-state index contributed by atoms with van der Waals surface area (Å²) in [5, 5.41) is 14.5. The zero-order valence-electron chi connectivity index (χ0n) is 11.1. The normalized spacial score (nSPS) is 10.8. The predicted octanol–water partition coefficient (Wildman–Crippen LogP) is 2.96. The number of aromatic nitrogens is 2. The largest absolute Gasteiger partial charge is 0.481 e. The van der Waals surface area contributed by atoms with Gasteiger partial charge in [-0.15, -0.1) is 0 Å². The second-order valence-electron chi connectivity index (χ2n) is 4.75. The van der Waals surface area contributed by atoms with Crippen molar-refractivity contribution in [3.05, 3.63) is 59.8 Å². The highest BCUT2D eigenvalue weighted by Crippen LogP contribution is 2.21. The third kappa shape index (κ3) is 2.16. The molecule has 4 nitrogen and oxygen atoms in total. The van der Waals surface area contributed by atoms with Gasteiger partial charge in [0.25, 0.3) is 0 Å². The topological polar surface area (TPSA) is 55.1 Å². The lowest BCUT2D eigenvalue weighted by atomic mass is 10.1. The van der Waals surface area contributed by atoms with E-state index in [-0.39, 0.29) is 6.42 Å². The highest BCUT2D eigenvalue weighted by Gasteiger charge is 2.08. The van der Waals surface area contributed by atoms with E-state index >= 15 is 0 Å². The van der Waals surface area contributed by atoms with Crippen molar-refractivity contribution in [2.75, 3.05) is 0 Å². The van der Waals surface area contributed by atoms with Crippen LogP contribution in [0.3, 0.4) is 0 Å². The molecule has 0 spiro atoms. The van der Waals surface area contributed by atoms with Gasteiger partial charge in [-0.1, -0.05) is 30.3 Å². The van der Waals surface area contributed by atoms with Gasteiger partial charge in [0.2, 0.25) is 0 Å². The number of rotatable bonds is 3. The molecule has 4 heteroatoms. The van der Waals surface area contributed by atoms with Crippen molar-refractivity contribution in [2.45, 2.75) is 13.3 Å². The maximum atomic E-state index is 10.7. The molecular weight excluding hydrogens is 252 g/mol. The molecule has 100 valence electrons. The number of hydrogen-bond acceptors (Lipinski definition) is 2. The van der Waals surface area contributed by atoms with Crippen molar-refractivity contribution in [1.82, 2.24) is 9.78 Å². The Hall–Kier alpha value is -2.62. The summed E-state index contributed by atoms with van der Waals surface area (Å²) in [6.07, 6.45) is 0.0408.